The fraction of sp³-hybridized carbons (Fsp3) is 0.0952. The molecule has 0 amide bonds. The highest BCUT2D eigenvalue weighted by atomic mass is 16.5. The molecule has 0 atom stereocenters. The van der Waals surface area contributed by atoms with E-state index in [0.29, 0.717) is 6.61 Å². The van der Waals surface area contributed by atoms with Crippen molar-refractivity contribution in [1.29, 1.82) is 0 Å². The van der Waals surface area contributed by atoms with Crippen molar-refractivity contribution in [3.63, 3.8) is 0 Å². The van der Waals surface area contributed by atoms with Crippen LogP contribution in [0.25, 0.3) is 21.7 Å². The number of rotatable bonds is 3. The summed E-state index contributed by atoms with van der Waals surface area (Å²) in [5, 5.41) is 3.39. The van der Waals surface area contributed by atoms with E-state index < -0.39 is 0 Å². The number of para-hydroxylation sites is 1. The number of hydrogen-bond acceptors (Lipinski definition) is 2. The predicted octanol–water partition coefficient (Wildman–Crippen LogP) is 5.08. The third-order valence-electron chi connectivity index (χ3n) is 3.96. The molecular formula is C21H16NO. The molecule has 2 nitrogen and oxygen atoms in total. The summed E-state index contributed by atoms with van der Waals surface area (Å²) in [5.74, 6) is 0.871. The van der Waals surface area contributed by atoms with Crippen LogP contribution in [-0.4, -0.2) is 4.98 Å². The highest BCUT2D eigenvalue weighted by molar-refractivity contribution is 5.83. The second-order valence-electron chi connectivity index (χ2n) is 5.65. The van der Waals surface area contributed by atoms with E-state index in [1.54, 1.807) is 0 Å². The van der Waals surface area contributed by atoms with Gasteiger partial charge in [0, 0.05) is 16.6 Å². The van der Waals surface area contributed by atoms with E-state index in [0.717, 1.165) is 38.7 Å². The van der Waals surface area contributed by atoms with Crippen LogP contribution in [0.4, 0.5) is 0 Å². The molecule has 0 N–H and O–H groups in total. The van der Waals surface area contributed by atoms with Crippen LogP contribution in [0.2, 0.25) is 0 Å². The Morgan fingerprint density at radius 3 is 2.87 bits per heavy atom. The van der Waals surface area contributed by atoms with Gasteiger partial charge in [-0.3, -0.25) is 4.98 Å². The maximum Gasteiger partial charge on any atom is 0.120 e. The molecule has 1 radical (unpaired) electrons. The van der Waals surface area contributed by atoms with Crippen LogP contribution >= 0.6 is 0 Å². The van der Waals surface area contributed by atoms with Gasteiger partial charge >= 0.3 is 0 Å². The van der Waals surface area contributed by atoms with Gasteiger partial charge in [-0.25, -0.2) is 0 Å². The molecule has 3 aromatic carbocycles. The average molecular weight is 298 g/mol. The Bertz CT molecular complexity index is 991. The summed E-state index contributed by atoms with van der Waals surface area (Å²) >= 11 is 0. The van der Waals surface area contributed by atoms with Crippen LogP contribution in [0, 0.1) is 13.0 Å². The lowest BCUT2D eigenvalue weighted by Crippen LogP contribution is -1.98. The van der Waals surface area contributed by atoms with Crippen molar-refractivity contribution in [2.24, 2.45) is 0 Å². The van der Waals surface area contributed by atoms with Gasteiger partial charge in [-0.15, -0.1) is 0 Å². The summed E-state index contributed by atoms with van der Waals surface area (Å²) in [4.78, 5) is 4.57. The molecule has 2 heteroatoms. The molecule has 0 unspecified atom stereocenters. The molecular weight excluding hydrogens is 282 g/mol. The second kappa shape index (κ2) is 5.73. The fourth-order valence-corrected chi connectivity index (χ4v) is 2.86. The van der Waals surface area contributed by atoms with Crippen molar-refractivity contribution < 1.29 is 4.74 Å². The number of ether oxygens (including phenoxy) is 1. The third kappa shape index (κ3) is 2.76. The van der Waals surface area contributed by atoms with E-state index in [2.05, 4.69) is 35.3 Å². The number of hydrogen-bond donors (Lipinski definition) is 0. The zero-order valence-electron chi connectivity index (χ0n) is 12.9. The van der Waals surface area contributed by atoms with E-state index in [9.17, 15) is 0 Å². The minimum Gasteiger partial charge on any atom is -0.489 e. The van der Waals surface area contributed by atoms with Crippen molar-refractivity contribution in [2.75, 3.05) is 0 Å². The maximum absolute atomic E-state index is 6.02. The zero-order chi connectivity index (χ0) is 15.6. The lowest BCUT2D eigenvalue weighted by Gasteiger charge is -2.10. The summed E-state index contributed by atoms with van der Waals surface area (Å²) < 4.78 is 6.02. The van der Waals surface area contributed by atoms with Crippen LogP contribution in [0.5, 0.6) is 5.75 Å². The van der Waals surface area contributed by atoms with Crippen molar-refractivity contribution in [2.45, 2.75) is 13.5 Å². The Kier molecular flexibility index (Phi) is 3.43. The third-order valence-corrected chi connectivity index (χ3v) is 3.96. The summed E-state index contributed by atoms with van der Waals surface area (Å²) in [5.41, 5.74) is 3.18. The van der Waals surface area contributed by atoms with Gasteiger partial charge in [0.25, 0.3) is 0 Å². The number of aryl methyl sites for hydroxylation is 1. The first kappa shape index (κ1) is 13.8. The number of benzene rings is 3. The normalized spacial score (nSPS) is 11.0. The standard InChI is InChI=1S/C21H16NO/c1-15-12-18(20-8-4-5-9-21(20)22-15)14-23-19-11-10-16-6-2-3-7-17(16)13-19/h2-5,7-13H,14H2,1H3. The van der Waals surface area contributed by atoms with Crippen molar-refractivity contribution >= 4 is 21.7 Å². The highest BCUT2D eigenvalue weighted by Gasteiger charge is 2.05. The predicted molar refractivity (Wildman–Crippen MR) is 93.6 cm³/mol. The molecule has 0 aliphatic rings. The van der Waals surface area contributed by atoms with Crippen LogP contribution in [0.15, 0.2) is 66.7 Å². The largest absolute Gasteiger partial charge is 0.489 e. The molecule has 0 spiro atoms. The Balaban J connectivity index is 1.65. The second-order valence-corrected chi connectivity index (χ2v) is 5.65. The summed E-state index contributed by atoms with van der Waals surface area (Å²) in [6.45, 7) is 2.55. The van der Waals surface area contributed by atoms with Gasteiger partial charge in [-0.05, 0) is 48.0 Å². The van der Waals surface area contributed by atoms with Crippen molar-refractivity contribution in [1.82, 2.24) is 4.98 Å². The molecule has 0 bridgehead atoms. The van der Waals surface area contributed by atoms with E-state index in [1.807, 2.05) is 49.4 Å². The number of aromatic nitrogens is 1. The zero-order valence-corrected chi connectivity index (χ0v) is 12.9. The molecule has 4 aromatic rings. The molecule has 0 fully saturated rings. The van der Waals surface area contributed by atoms with E-state index in [4.69, 9.17) is 4.74 Å². The molecule has 1 aromatic heterocycles. The Morgan fingerprint density at radius 1 is 1.00 bits per heavy atom. The molecule has 4 rings (SSSR count). The van der Waals surface area contributed by atoms with E-state index in [-0.39, 0.29) is 0 Å². The SMILES string of the molecule is Cc1cc(COc2ccc3[c]cccc3c2)c2ccccc2n1. The summed E-state index contributed by atoms with van der Waals surface area (Å²) in [6, 6.07) is 25.6. The smallest absolute Gasteiger partial charge is 0.120 e. The average Bonchev–Trinajstić information content (AvgIpc) is 2.59. The van der Waals surface area contributed by atoms with Gasteiger partial charge < -0.3 is 4.74 Å². The van der Waals surface area contributed by atoms with Crippen LogP contribution in [0.3, 0.4) is 0 Å². The van der Waals surface area contributed by atoms with Gasteiger partial charge in [0.15, 0.2) is 0 Å². The van der Waals surface area contributed by atoms with E-state index in [1.165, 1.54) is 0 Å². The molecule has 111 valence electrons. The molecule has 1 heterocycles. The minimum atomic E-state index is 0.534. The quantitative estimate of drug-likeness (QED) is 0.526. The van der Waals surface area contributed by atoms with Gasteiger partial charge in [0.05, 0.1) is 5.52 Å². The van der Waals surface area contributed by atoms with Gasteiger partial charge in [-0.2, -0.15) is 0 Å². The molecule has 0 saturated heterocycles. The monoisotopic (exact) mass is 298 g/mol. The highest BCUT2D eigenvalue weighted by Crippen LogP contribution is 2.23. The van der Waals surface area contributed by atoms with Crippen LogP contribution in [-0.2, 0) is 6.61 Å². The van der Waals surface area contributed by atoms with Gasteiger partial charge in [0.1, 0.15) is 12.4 Å². The van der Waals surface area contributed by atoms with Gasteiger partial charge in [-0.1, -0.05) is 42.5 Å². The van der Waals surface area contributed by atoms with Crippen LogP contribution in [0.1, 0.15) is 11.3 Å². The molecule has 0 aliphatic carbocycles. The number of nitrogens with zero attached hydrogens (tertiary/aromatic N) is 1. The lowest BCUT2D eigenvalue weighted by molar-refractivity contribution is 0.308. The van der Waals surface area contributed by atoms with Crippen molar-refractivity contribution in [3.05, 3.63) is 84.1 Å². The number of pyridine rings is 1. The minimum absolute atomic E-state index is 0.534. The molecule has 0 aliphatic heterocycles. The lowest BCUT2D eigenvalue weighted by atomic mass is 10.1. The first-order chi connectivity index (χ1) is 11.3. The number of fused-ring (bicyclic) bond motifs is 2. The molecule has 0 saturated carbocycles. The molecule has 23 heavy (non-hydrogen) atoms. The van der Waals surface area contributed by atoms with Gasteiger partial charge in [0.2, 0.25) is 0 Å². The van der Waals surface area contributed by atoms with Crippen LogP contribution < -0.4 is 4.74 Å². The summed E-state index contributed by atoms with van der Waals surface area (Å²) in [7, 11) is 0. The maximum atomic E-state index is 6.02. The summed E-state index contributed by atoms with van der Waals surface area (Å²) in [6.07, 6.45) is 0. The Labute approximate surface area is 135 Å². The first-order valence-corrected chi connectivity index (χ1v) is 7.68. The topological polar surface area (TPSA) is 22.1 Å². The Morgan fingerprint density at radius 2 is 1.91 bits per heavy atom. The first-order valence-electron chi connectivity index (χ1n) is 7.68. The van der Waals surface area contributed by atoms with E-state index >= 15 is 0 Å². The fourth-order valence-electron chi connectivity index (χ4n) is 2.86. The van der Waals surface area contributed by atoms with Crippen molar-refractivity contribution in [3.8, 4) is 5.75 Å². The Hall–Kier alpha value is -2.87.